The number of aromatic nitrogens is 5. The molecule has 0 radical (unpaired) electrons. The van der Waals surface area contributed by atoms with Gasteiger partial charge in [-0.15, -0.1) is 0 Å². The van der Waals surface area contributed by atoms with Crippen LogP contribution in [0.4, 0.5) is 13.2 Å². The van der Waals surface area contributed by atoms with Gasteiger partial charge in [-0.2, -0.15) is 18.3 Å². The number of nitrogens with one attached hydrogen (secondary N) is 1. The van der Waals surface area contributed by atoms with Crippen LogP contribution in [0.3, 0.4) is 0 Å². The quantitative estimate of drug-likeness (QED) is 0.384. The minimum atomic E-state index is -4.55. The molecule has 0 aliphatic heterocycles. The average Bonchev–Trinajstić information content (AvgIpc) is 3.07. The van der Waals surface area contributed by atoms with E-state index in [0.717, 1.165) is 17.8 Å². The highest BCUT2D eigenvalue weighted by Gasteiger charge is 2.35. The van der Waals surface area contributed by atoms with Crippen LogP contribution in [-0.2, 0) is 11.6 Å². The Morgan fingerprint density at radius 3 is 2.62 bits per heavy atom. The van der Waals surface area contributed by atoms with Crippen LogP contribution in [0.15, 0.2) is 35.9 Å². The second-order valence-electron chi connectivity index (χ2n) is 7.22. The number of rotatable bonds is 5. The molecule has 0 aliphatic carbocycles. The van der Waals surface area contributed by atoms with E-state index in [1.807, 2.05) is 0 Å². The third-order valence-corrected chi connectivity index (χ3v) is 4.76. The Bertz CT molecular complexity index is 996. The highest BCUT2D eigenvalue weighted by Crippen LogP contribution is 2.32. The largest absolute Gasteiger partial charge is 0.433 e. The summed E-state index contributed by atoms with van der Waals surface area (Å²) in [6.45, 7) is 5.58. The predicted octanol–water partition coefficient (Wildman–Crippen LogP) is 3.36. The van der Waals surface area contributed by atoms with E-state index < -0.39 is 17.3 Å². The van der Waals surface area contributed by atoms with E-state index in [2.05, 4.69) is 25.4 Å². The van der Waals surface area contributed by atoms with Crippen LogP contribution in [-0.4, -0.2) is 42.8 Å². The molecule has 1 amide bonds. The van der Waals surface area contributed by atoms with E-state index in [-0.39, 0.29) is 17.6 Å². The lowest BCUT2D eigenvalue weighted by Crippen LogP contribution is -2.26. The van der Waals surface area contributed by atoms with Crippen LogP contribution in [0.1, 0.15) is 42.5 Å². The fraction of sp³-hybridized carbons (Fsp3) is 0.389. The molecule has 29 heavy (non-hydrogen) atoms. The van der Waals surface area contributed by atoms with Gasteiger partial charge in [-0.3, -0.25) is 4.79 Å². The lowest BCUT2D eigenvalue weighted by Gasteiger charge is -2.19. The number of carbonyl (C=O) groups is 1. The molecule has 0 saturated carbocycles. The van der Waals surface area contributed by atoms with Crippen molar-refractivity contribution in [2.75, 3.05) is 12.3 Å². The second-order valence-corrected chi connectivity index (χ2v) is 8.28. The summed E-state index contributed by atoms with van der Waals surface area (Å²) in [5.41, 5.74) is -0.469. The Morgan fingerprint density at radius 1 is 1.21 bits per heavy atom. The summed E-state index contributed by atoms with van der Waals surface area (Å²) in [7, 11) is 0. The fourth-order valence-corrected chi connectivity index (χ4v) is 3.12. The molecule has 11 heteroatoms. The number of hydrogen-bond donors (Lipinski definition) is 1. The van der Waals surface area contributed by atoms with Crippen LogP contribution in [0.25, 0.3) is 5.65 Å². The number of fused-ring (bicyclic) bond motifs is 1. The molecule has 0 atom stereocenters. The van der Waals surface area contributed by atoms with Crippen molar-refractivity contribution in [2.45, 2.75) is 37.5 Å². The minimum absolute atomic E-state index is 0.0247. The minimum Gasteiger partial charge on any atom is -0.351 e. The van der Waals surface area contributed by atoms with Crippen molar-refractivity contribution >= 4 is 23.3 Å². The zero-order valence-corrected chi connectivity index (χ0v) is 16.8. The number of halogens is 3. The molecular weight excluding hydrogens is 405 g/mol. The number of amides is 1. The lowest BCUT2D eigenvalue weighted by atomic mass is 9.91. The molecule has 154 valence electrons. The van der Waals surface area contributed by atoms with Crippen molar-refractivity contribution in [3.63, 3.8) is 0 Å². The highest BCUT2D eigenvalue weighted by molar-refractivity contribution is 7.99. The van der Waals surface area contributed by atoms with Crippen molar-refractivity contribution in [2.24, 2.45) is 0 Å². The van der Waals surface area contributed by atoms with Gasteiger partial charge in [0.05, 0.1) is 11.9 Å². The van der Waals surface area contributed by atoms with Crippen LogP contribution < -0.4 is 5.32 Å². The van der Waals surface area contributed by atoms with E-state index in [0.29, 0.717) is 22.7 Å². The number of thioether (sulfide) groups is 1. The molecule has 7 nitrogen and oxygen atoms in total. The van der Waals surface area contributed by atoms with E-state index in [9.17, 15) is 18.0 Å². The number of alkyl halides is 3. The molecule has 0 spiro atoms. The molecular formula is C18H19F3N6OS. The molecule has 3 aromatic heterocycles. The summed E-state index contributed by atoms with van der Waals surface area (Å²) >= 11 is 1.05. The summed E-state index contributed by atoms with van der Waals surface area (Å²) in [5, 5.41) is 6.77. The third-order valence-electron chi connectivity index (χ3n) is 3.91. The molecule has 3 heterocycles. The number of carbonyl (C=O) groups excluding carboxylic acids is 1. The normalized spacial score (nSPS) is 12.3. The Balaban J connectivity index is 1.65. The second kappa shape index (κ2) is 7.97. The molecule has 3 rings (SSSR count). The Morgan fingerprint density at radius 2 is 1.93 bits per heavy atom. The van der Waals surface area contributed by atoms with Crippen molar-refractivity contribution in [1.29, 1.82) is 0 Å². The maximum absolute atomic E-state index is 13.1. The first-order chi connectivity index (χ1) is 13.6. The predicted molar refractivity (Wildman–Crippen MR) is 102 cm³/mol. The van der Waals surface area contributed by atoms with Crippen molar-refractivity contribution in [1.82, 2.24) is 29.9 Å². The maximum Gasteiger partial charge on any atom is 0.433 e. The summed E-state index contributed by atoms with van der Waals surface area (Å²) < 4.78 is 40.9. The molecule has 1 N–H and O–H groups in total. The number of hydrogen-bond acceptors (Lipinski definition) is 6. The standard InChI is InChI=1S/C18H19F3N6OS/c1-17(2,3)12-9-13(18(19,20)21)26-16(25-12)29-8-6-23-15(28)11-10-24-27-7-4-5-22-14(11)27/h4-5,7,9-10H,6,8H2,1-3H3,(H,23,28). The van der Waals surface area contributed by atoms with E-state index in [1.165, 1.54) is 10.7 Å². The first-order valence-electron chi connectivity index (χ1n) is 8.72. The average molecular weight is 424 g/mol. The molecule has 0 fully saturated rings. The van der Waals surface area contributed by atoms with Gasteiger partial charge in [0.1, 0.15) is 11.3 Å². The van der Waals surface area contributed by atoms with Gasteiger partial charge in [-0.1, -0.05) is 32.5 Å². The lowest BCUT2D eigenvalue weighted by molar-refractivity contribution is -0.141. The topological polar surface area (TPSA) is 85.1 Å². The zero-order valence-electron chi connectivity index (χ0n) is 16.0. The Kier molecular flexibility index (Phi) is 5.78. The van der Waals surface area contributed by atoms with Gasteiger partial charge in [-0.25, -0.2) is 19.5 Å². The SMILES string of the molecule is CC(C)(C)c1cc(C(F)(F)F)nc(SCCNC(=O)c2cnn3cccnc23)n1. The summed E-state index contributed by atoms with van der Waals surface area (Å²) in [5.74, 6) is -0.0526. The van der Waals surface area contributed by atoms with E-state index >= 15 is 0 Å². The molecule has 0 unspecified atom stereocenters. The van der Waals surface area contributed by atoms with Gasteiger partial charge < -0.3 is 5.32 Å². The van der Waals surface area contributed by atoms with Gasteiger partial charge in [0.15, 0.2) is 10.8 Å². The Hall–Kier alpha value is -2.69. The smallest absolute Gasteiger partial charge is 0.351 e. The molecule has 0 aromatic carbocycles. The van der Waals surface area contributed by atoms with Crippen LogP contribution in [0, 0.1) is 0 Å². The van der Waals surface area contributed by atoms with Crippen LogP contribution >= 0.6 is 11.8 Å². The molecule has 0 saturated heterocycles. The number of nitrogens with zero attached hydrogens (tertiary/aromatic N) is 5. The summed E-state index contributed by atoms with van der Waals surface area (Å²) in [4.78, 5) is 24.3. The van der Waals surface area contributed by atoms with E-state index in [4.69, 9.17) is 0 Å². The molecule has 3 aromatic rings. The first-order valence-corrected chi connectivity index (χ1v) is 9.70. The van der Waals surface area contributed by atoms with Gasteiger partial charge >= 0.3 is 6.18 Å². The Labute approximate surface area is 169 Å². The monoisotopic (exact) mass is 424 g/mol. The molecule has 0 bridgehead atoms. The zero-order chi connectivity index (χ0) is 21.2. The van der Waals surface area contributed by atoms with Crippen molar-refractivity contribution in [3.8, 4) is 0 Å². The molecule has 0 aliphatic rings. The first kappa shape index (κ1) is 21.0. The summed E-state index contributed by atoms with van der Waals surface area (Å²) in [6, 6.07) is 2.67. The van der Waals surface area contributed by atoms with Crippen molar-refractivity contribution < 1.29 is 18.0 Å². The van der Waals surface area contributed by atoms with Gasteiger partial charge in [0.25, 0.3) is 5.91 Å². The van der Waals surface area contributed by atoms with Crippen LogP contribution in [0.5, 0.6) is 0 Å². The highest BCUT2D eigenvalue weighted by atomic mass is 32.2. The maximum atomic E-state index is 13.1. The van der Waals surface area contributed by atoms with Crippen LogP contribution in [0.2, 0.25) is 0 Å². The fourth-order valence-electron chi connectivity index (χ4n) is 2.41. The summed E-state index contributed by atoms with van der Waals surface area (Å²) in [6.07, 6.45) is 0.0908. The van der Waals surface area contributed by atoms with Gasteiger partial charge in [0, 0.05) is 30.1 Å². The van der Waals surface area contributed by atoms with E-state index in [1.54, 1.807) is 39.2 Å². The third kappa shape index (κ3) is 5.03. The van der Waals surface area contributed by atoms with Crippen molar-refractivity contribution in [3.05, 3.63) is 47.7 Å². The van der Waals surface area contributed by atoms with Gasteiger partial charge in [0.2, 0.25) is 0 Å². The van der Waals surface area contributed by atoms with Gasteiger partial charge in [-0.05, 0) is 12.1 Å².